The first-order chi connectivity index (χ1) is 6.16. The van der Waals surface area contributed by atoms with E-state index in [1.807, 2.05) is 0 Å². The molecule has 1 aliphatic carbocycles. The molecule has 0 bridgehead atoms. The van der Waals surface area contributed by atoms with Crippen LogP contribution >= 0.6 is 0 Å². The van der Waals surface area contributed by atoms with E-state index >= 15 is 0 Å². The highest BCUT2D eigenvalue weighted by molar-refractivity contribution is 6.05. The van der Waals surface area contributed by atoms with Crippen molar-refractivity contribution in [2.24, 2.45) is 11.3 Å². The van der Waals surface area contributed by atoms with E-state index in [0.29, 0.717) is 0 Å². The topological polar surface area (TPSA) is 17.1 Å². The van der Waals surface area contributed by atoms with Gasteiger partial charge in [0.05, 0.1) is 5.92 Å². The van der Waals surface area contributed by atoms with Crippen molar-refractivity contribution in [2.75, 3.05) is 0 Å². The molecule has 0 aromatic carbocycles. The number of carbonyl (C=O) groups is 1. The highest BCUT2D eigenvalue weighted by Gasteiger charge is 2.52. The van der Waals surface area contributed by atoms with E-state index in [1.54, 1.807) is 0 Å². The van der Waals surface area contributed by atoms with Gasteiger partial charge in [-0.25, -0.2) is 0 Å². The Morgan fingerprint density at radius 2 is 1.93 bits per heavy atom. The van der Waals surface area contributed by atoms with Gasteiger partial charge in [-0.05, 0) is 11.5 Å². The largest absolute Gasteiger partial charge is 0.396 e. The molecule has 4 heteroatoms. The van der Waals surface area contributed by atoms with E-state index in [0.717, 1.165) is 6.08 Å². The van der Waals surface area contributed by atoms with E-state index in [2.05, 4.69) is 6.58 Å². The zero-order chi connectivity index (χ0) is 11.1. The molecule has 0 radical (unpaired) electrons. The zero-order valence-corrected chi connectivity index (χ0v) is 7.98. The lowest BCUT2D eigenvalue weighted by molar-refractivity contribution is -0.185. The first-order valence-corrected chi connectivity index (χ1v) is 4.15. The molecular weight excluding hydrogens is 193 g/mol. The summed E-state index contributed by atoms with van der Waals surface area (Å²) in [7, 11) is 0. The fraction of sp³-hybridized carbons (Fsp3) is 0.500. The van der Waals surface area contributed by atoms with Gasteiger partial charge in [0.1, 0.15) is 0 Å². The van der Waals surface area contributed by atoms with E-state index in [9.17, 15) is 18.0 Å². The van der Waals surface area contributed by atoms with Crippen LogP contribution < -0.4 is 0 Å². The van der Waals surface area contributed by atoms with Crippen molar-refractivity contribution in [3.63, 3.8) is 0 Å². The summed E-state index contributed by atoms with van der Waals surface area (Å²) in [5.41, 5.74) is -1.46. The van der Waals surface area contributed by atoms with Gasteiger partial charge in [0.15, 0.2) is 5.78 Å². The van der Waals surface area contributed by atoms with Gasteiger partial charge in [-0.3, -0.25) is 4.79 Å². The molecule has 14 heavy (non-hydrogen) atoms. The molecule has 1 atom stereocenters. The Balaban J connectivity index is 3.20. The molecule has 78 valence electrons. The first kappa shape index (κ1) is 11.0. The van der Waals surface area contributed by atoms with Crippen molar-refractivity contribution >= 4 is 5.78 Å². The first-order valence-electron chi connectivity index (χ1n) is 4.15. The predicted octanol–water partition coefficient (Wildman–Crippen LogP) is 2.89. The zero-order valence-electron chi connectivity index (χ0n) is 7.98. The Kier molecular flexibility index (Phi) is 2.34. The molecule has 0 amide bonds. The Morgan fingerprint density at radius 3 is 2.29 bits per heavy atom. The SMILES string of the molecule is C=C1C(=O)C=CC(C)(C)C1C(F)(F)F. The predicted molar refractivity (Wildman–Crippen MR) is 46.6 cm³/mol. The molecule has 0 N–H and O–H groups in total. The summed E-state index contributed by atoms with van der Waals surface area (Å²) >= 11 is 0. The molecule has 0 aliphatic heterocycles. The average molecular weight is 204 g/mol. The molecule has 1 aliphatic rings. The number of hydrogen-bond donors (Lipinski definition) is 0. The van der Waals surface area contributed by atoms with Crippen LogP contribution in [0.25, 0.3) is 0 Å². The highest BCUT2D eigenvalue weighted by atomic mass is 19.4. The summed E-state index contributed by atoms with van der Waals surface area (Å²) in [5, 5.41) is 0. The van der Waals surface area contributed by atoms with Crippen LogP contribution in [-0.4, -0.2) is 12.0 Å². The van der Waals surface area contributed by atoms with Gasteiger partial charge in [0.25, 0.3) is 0 Å². The quantitative estimate of drug-likeness (QED) is 0.554. The number of ketones is 1. The molecule has 0 spiro atoms. The Morgan fingerprint density at radius 1 is 1.43 bits per heavy atom. The molecule has 1 nitrogen and oxygen atoms in total. The van der Waals surface area contributed by atoms with Crippen molar-refractivity contribution in [3.05, 3.63) is 24.3 Å². The van der Waals surface area contributed by atoms with Crippen molar-refractivity contribution in [3.8, 4) is 0 Å². The lowest BCUT2D eigenvalue weighted by atomic mass is 9.70. The molecule has 0 aromatic rings. The van der Waals surface area contributed by atoms with Crippen molar-refractivity contribution in [1.82, 2.24) is 0 Å². The minimum absolute atomic E-state index is 0.370. The average Bonchev–Trinajstić information content (AvgIpc) is 1.94. The van der Waals surface area contributed by atoms with Gasteiger partial charge >= 0.3 is 6.18 Å². The molecule has 0 saturated carbocycles. The number of carbonyl (C=O) groups excluding carboxylic acids is 1. The van der Waals surface area contributed by atoms with Gasteiger partial charge < -0.3 is 0 Å². The molecule has 1 rings (SSSR count). The second-order valence-electron chi connectivity index (χ2n) is 4.02. The minimum Gasteiger partial charge on any atom is -0.290 e. The maximum atomic E-state index is 12.6. The van der Waals surface area contributed by atoms with E-state index in [1.165, 1.54) is 19.9 Å². The summed E-state index contributed by atoms with van der Waals surface area (Å²) in [5.74, 6) is -2.40. The van der Waals surface area contributed by atoms with Crippen LogP contribution in [0.1, 0.15) is 13.8 Å². The van der Waals surface area contributed by atoms with E-state index in [4.69, 9.17) is 0 Å². The van der Waals surface area contributed by atoms with Crippen molar-refractivity contribution < 1.29 is 18.0 Å². The van der Waals surface area contributed by atoms with Gasteiger partial charge in [-0.2, -0.15) is 13.2 Å². The third kappa shape index (κ3) is 1.74. The van der Waals surface area contributed by atoms with E-state index in [-0.39, 0.29) is 5.57 Å². The van der Waals surface area contributed by atoms with Gasteiger partial charge in [-0.1, -0.05) is 26.5 Å². The fourth-order valence-corrected chi connectivity index (χ4v) is 1.70. The molecule has 1 unspecified atom stereocenters. The number of halogens is 3. The lowest BCUT2D eigenvalue weighted by Crippen LogP contribution is -2.40. The molecule has 0 saturated heterocycles. The Hall–Kier alpha value is -1.06. The fourth-order valence-electron chi connectivity index (χ4n) is 1.70. The molecule has 0 aromatic heterocycles. The number of allylic oxidation sites excluding steroid dienone is 3. The summed E-state index contributed by atoms with van der Waals surface area (Å²) in [6.07, 6.45) is -1.96. The normalized spacial score (nSPS) is 26.8. The summed E-state index contributed by atoms with van der Waals surface area (Å²) in [6, 6.07) is 0. The second kappa shape index (κ2) is 2.97. The van der Waals surface area contributed by atoms with Crippen LogP contribution in [0.15, 0.2) is 24.3 Å². The van der Waals surface area contributed by atoms with Crippen LogP contribution in [-0.2, 0) is 4.79 Å². The summed E-state index contributed by atoms with van der Waals surface area (Å²) < 4.78 is 37.8. The van der Waals surface area contributed by atoms with Crippen LogP contribution in [0.3, 0.4) is 0 Å². The monoisotopic (exact) mass is 204 g/mol. The van der Waals surface area contributed by atoms with Crippen LogP contribution in [0.5, 0.6) is 0 Å². The van der Waals surface area contributed by atoms with Gasteiger partial charge in [0.2, 0.25) is 0 Å². The van der Waals surface area contributed by atoms with Gasteiger partial charge in [-0.15, -0.1) is 0 Å². The Bertz CT molecular complexity index is 310. The molecule has 0 fully saturated rings. The smallest absolute Gasteiger partial charge is 0.290 e. The third-order valence-corrected chi connectivity index (χ3v) is 2.40. The number of alkyl halides is 3. The van der Waals surface area contributed by atoms with Crippen LogP contribution in [0, 0.1) is 11.3 Å². The van der Waals surface area contributed by atoms with Crippen LogP contribution in [0.4, 0.5) is 13.2 Å². The minimum atomic E-state index is -4.42. The third-order valence-electron chi connectivity index (χ3n) is 2.40. The van der Waals surface area contributed by atoms with Gasteiger partial charge in [0, 0.05) is 5.57 Å². The number of hydrogen-bond acceptors (Lipinski definition) is 1. The summed E-state index contributed by atoms with van der Waals surface area (Å²) in [4.78, 5) is 11.1. The molecular formula is C10H11F3O. The maximum Gasteiger partial charge on any atom is 0.396 e. The van der Waals surface area contributed by atoms with Crippen molar-refractivity contribution in [2.45, 2.75) is 20.0 Å². The second-order valence-corrected chi connectivity index (χ2v) is 4.02. The highest BCUT2D eigenvalue weighted by Crippen LogP contribution is 2.47. The van der Waals surface area contributed by atoms with E-state index < -0.39 is 23.3 Å². The standard InChI is InChI=1S/C10H11F3O/c1-6-7(14)4-5-9(2,3)8(6)10(11,12)13/h4-5,8H,1H2,2-3H3. The maximum absolute atomic E-state index is 12.6. The lowest BCUT2D eigenvalue weighted by Gasteiger charge is -2.36. The van der Waals surface area contributed by atoms with Crippen LogP contribution in [0.2, 0.25) is 0 Å². The Labute approximate surface area is 80.3 Å². The van der Waals surface area contributed by atoms with Crippen molar-refractivity contribution in [1.29, 1.82) is 0 Å². The summed E-state index contributed by atoms with van der Waals surface area (Å²) in [6.45, 7) is 6.11. The molecule has 0 heterocycles. The number of rotatable bonds is 0.